The van der Waals surface area contributed by atoms with Gasteiger partial charge in [0.25, 0.3) is 15.9 Å². The maximum atomic E-state index is 13.0. The summed E-state index contributed by atoms with van der Waals surface area (Å²) in [5.41, 5.74) is 9.88. The number of hydrogen-bond acceptors (Lipinski definition) is 5. The van der Waals surface area contributed by atoms with Crippen molar-refractivity contribution >= 4 is 27.3 Å². The van der Waals surface area contributed by atoms with E-state index in [1.807, 2.05) is 48.0 Å². The van der Waals surface area contributed by atoms with Crippen molar-refractivity contribution in [3.05, 3.63) is 77.6 Å². The van der Waals surface area contributed by atoms with Gasteiger partial charge in [0.1, 0.15) is 11.4 Å². The largest absolute Gasteiger partial charge is 0.496 e. The third-order valence-electron chi connectivity index (χ3n) is 5.14. The number of nitrogens with one attached hydrogen (secondary N) is 1. The third-order valence-corrected chi connectivity index (χ3v) is 6.50. The van der Waals surface area contributed by atoms with E-state index in [1.54, 1.807) is 13.0 Å². The number of aryl methyl sites for hydroxylation is 2. The van der Waals surface area contributed by atoms with E-state index in [1.165, 1.54) is 25.3 Å². The first-order chi connectivity index (χ1) is 15.2. The van der Waals surface area contributed by atoms with Crippen LogP contribution in [0.2, 0.25) is 0 Å². The van der Waals surface area contributed by atoms with E-state index in [9.17, 15) is 13.2 Å². The number of amides is 1. The molecule has 0 radical (unpaired) electrons. The summed E-state index contributed by atoms with van der Waals surface area (Å²) in [6, 6.07) is 13.4. The number of benzene rings is 2. The molecule has 4 aromatic rings. The Morgan fingerprint density at radius 1 is 1.09 bits per heavy atom. The minimum absolute atomic E-state index is 0.0131. The lowest BCUT2D eigenvalue weighted by Gasteiger charge is -2.13. The fourth-order valence-corrected chi connectivity index (χ4v) is 4.51. The topological polar surface area (TPSA) is 116 Å². The van der Waals surface area contributed by atoms with Gasteiger partial charge in [0, 0.05) is 18.0 Å². The van der Waals surface area contributed by atoms with Crippen molar-refractivity contribution < 1.29 is 17.9 Å². The molecule has 0 fully saturated rings. The van der Waals surface area contributed by atoms with E-state index in [0.717, 1.165) is 28.0 Å². The molecule has 0 saturated heterocycles. The Morgan fingerprint density at radius 2 is 1.88 bits per heavy atom. The Bertz CT molecular complexity index is 1460. The molecule has 0 aliphatic carbocycles. The Morgan fingerprint density at radius 3 is 2.59 bits per heavy atom. The normalized spacial score (nSPS) is 11.5. The van der Waals surface area contributed by atoms with E-state index in [2.05, 4.69) is 9.71 Å². The number of imidazole rings is 1. The lowest BCUT2D eigenvalue weighted by molar-refractivity contribution is 0.0997. The van der Waals surface area contributed by atoms with Crippen LogP contribution in [0.1, 0.15) is 21.5 Å². The highest BCUT2D eigenvalue weighted by molar-refractivity contribution is 7.92. The zero-order chi connectivity index (χ0) is 23.0. The zero-order valence-electron chi connectivity index (χ0n) is 17.8. The molecule has 0 spiro atoms. The van der Waals surface area contributed by atoms with Gasteiger partial charge in [-0.15, -0.1) is 0 Å². The number of carbonyl (C=O) groups excluding carboxylic acids is 1. The quantitative estimate of drug-likeness (QED) is 0.466. The Kier molecular flexibility index (Phi) is 5.35. The second-order valence-corrected chi connectivity index (χ2v) is 9.14. The van der Waals surface area contributed by atoms with Gasteiger partial charge in [0.2, 0.25) is 0 Å². The van der Waals surface area contributed by atoms with Gasteiger partial charge in [-0.3, -0.25) is 9.52 Å². The number of hydrogen-bond donors (Lipinski definition) is 2. The van der Waals surface area contributed by atoms with Crippen LogP contribution in [0.15, 0.2) is 65.8 Å². The van der Waals surface area contributed by atoms with Crippen LogP contribution >= 0.6 is 0 Å². The van der Waals surface area contributed by atoms with Crippen LogP contribution < -0.4 is 15.2 Å². The molecule has 4 rings (SSSR count). The van der Waals surface area contributed by atoms with Crippen LogP contribution in [0.25, 0.3) is 16.9 Å². The maximum absolute atomic E-state index is 13.0. The van der Waals surface area contributed by atoms with Crippen LogP contribution in [-0.4, -0.2) is 30.8 Å². The predicted octanol–water partition coefficient (Wildman–Crippen LogP) is 3.53. The molecular formula is C23H22N4O4S. The van der Waals surface area contributed by atoms with Crippen LogP contribution in [-0.2, 0) is 10.0 Å². The van der Waals surface area contributed by atoms with Crippen LogP contribution in [0.5, 0.6) is 5.75 Å². The SMILES string of the molecule is COc1ccc(S(=O)(=O)Nc2cc(-c3cn4ccc(C)cc4n3)ccc2C)cc1C(N)=O. The van der Waals surface area contributed by atoms with Crippen LogP contribution in [0.3, 0.4) is 0 Å². The zero-order valence-corrected chi connectivity index (χ0v) is 18.6. The third kappa shape index (κ3) is 4.02. The molecule has 2 aromatic carbocycles. The monoisotopic (exact) mass is 450 g/mol. The minimum atomic E-state index is -3.98. The molecule has 3 N–H and O–H groups in total. The highest BCUT2D eigenvalue weighted by Crippen LogP contribution is 2.28. The van der Waals surface area contributed by atoms with E-state index in [0.29, 0.717) is 5.69 Å². The molecule has 2 heterocycles. The Balaban J connectivity index is 1.71. The lowest BCUT2D eigenvalue weighted by atomic mass is 10.1. The van der Waals surface area contributed by atoms with Crippen molar-refractivity contribution in [2.24, 2.45) is 5.73 Å². The van der Waals surface area contributed by atoms with E-state index < -0.39 is 15.9 Å². The number of nitrogens with two attached hydrogens (primary N) is 1. The summed E-state index contributed by atoms with van der Waals surface area (Å²) in [7, 11) is -2.61. The molecule has 32 heavy (non-hydrogen) atoms. The summed E-state index contributed by atoms with van der Waals surface area (Å²) in [4.78, 5) is 16.2. The molecule has 9 heteroatoms. The highest BCUT2D eigenvalue weighted by atomic mass is 32.2. The van der Waals surface area contributed by atoms with Crippen LogP contribution in [0.4, 0.5) is 5.69 Å². The van der Waals surface area contributed by atoms with Crippen molar-refractivity contribution in [2.45, 2.75) is 18.7 Å². The van der Waals surface area contributed by atoms with Gasteiger partial charge < -0.3 is 14.9 Å². The summed E-state index contributed by atoms with van der Waals surface area (Å²) < 4.78 is 35.7. The van der Waals surface area contributed by atoms with Gasteiger partial charge >= 0.3 is 0 Å². The molecular weight excluding hydrogens is 428 g/mol. The number of carbonyl (C=O) groups is 1. The molecule has 0 saturated carbocycles. The Labute approximate surface area is 185 Å². The molecule has 0 aliphatic rings. The number of fused-ring (bicyclic) bond motifs is 1. The van der Waals surface area contributed by atoms with Crippen molar-refractivity contribution in [2.75, 3.05) is 11.8 Å². The number of nitrogens with zero attached hydrogens (tertiary/aromatic N) is 2. The van der Waals surface area contributed by atoms with E-state index >= 15 is 0 Å². The lowest BCUT2D eigenvalue weighted by Crippen LogP contribution is -2.17. The van der Waals surface area contributed by atoms with Crippen molar-refractivity contribution in [1.82, 2.24) is 9.38 Å². The smallest absolute Gasteiger partial charge is 0.261 e. The molecule has 0 bridgehead atoms. The summed E-state index contributed by atoms with van der Waals surface area (Å²) in [6.07, 6.45) is 3.82. The number of pyridine rings is 1. The fraction of sp³-hybridized carbons (Fsp3) is 0.130. The van der Waals surface area contributed by atoms with Crippen molar-refractivity contribution in [3.8, 4) is 17.0 Å². The highest BCUT2D eigenvalue weighted by Gasteiger charge is 2.20. The minimum Gasteiger partial charge on any atom is -0.496 e. The van der Waals surface area contributed by atoms with Gasteiger partial charge in [0.05, 0.1) is 29.0 Å². The number of methoxy groups -OCH3 is 1. The van der Waals surface area contributed by atoms with Gasteiger partial charge in [0.15, 0.2) is 0 Å². The van der Waals surface area contributed by atoms with Crippen molar-refractivity contribution in [1.29, 1.82) is 0 Å². The predicted molar refractivity (Wildman–Crippen MR) is 122 cm³/mol. The summed E-state index contributed by atoms with van der Waals surface area (Å²) in [5, 5.41) is 0. The van der Waals surface area contributed by atoms with Gasteiger partial charge in [-0.1, -0.05) is 12.1 Å². The molecule has 0 unspecified atom stereocenters. The van der Waals surface area contributed by atoms with E-state index in [-0.39, 0.29) is 16.2 Å². The maximum Gasteiger partial charge on any atom is 0.261 e. The number of rotatable bonds is 6. The van der Waals surface area contributed by atoms with Gasteiger partial charge in [-0.25, -0.2) is 13.4 Å². The molecule has 8 nitrogen and oxygen atoms in total. The standard InChI is InChI=1S/C23H22N4O4S/c1-14-8-9-27-13-20(25-22(27)10-14)16-5-4-15(2)19(11-16)26-32(29,30)17-6-7-21(31-3)18(12-17)23(24)28/h4-13,26H,1-3H3,(H2,24,28). The first-order valence-corrected chi connectivity index (χ1v) is 11.2. The average molecular weight is 451 g/mol. The first-order valence-electron chi connectivity index (χ1n) is 9.75. The van der Waals surface area contributed by atoms with Gasteiger partial charge in [-0.2, -0.15) is 0 Å². The number of anilines is 1. The summed E-state index contributed by atoms with van der Waals surface area (Å²) >= 11 is 0. The van der Waals surface area contributed by atoms with Crippen molar-refractivity contribution in [3.63, 3.8) is 0 Å². The second-order valence-electron chi connectivity index (χ2n) is 7.46. The molecule has 164 valence electrons. The number of ether oxygens (including phenoxy) is 1. The first kappa shape index (κ1) is 21.4. The van der Waals surface area contributed by atoms with Crippen LogP contribution in [0, 0.1) is 13.8 Å². The second kappa shape index (κ2) is 8.01. The molecule has 2 aromatic heterocycles. The van der Waals surface area contributed by atoms with Gasteiger partial charge in [-0.05, 0) is 61.4 Å². The van der Waals surface area contributed by atoms with E-state index in [4.69, 9.17) is 10.5 Å². The molecule has 0 atom stereocenters. The molecule has 0 aliphatic heterocycles. The fourth-order valence-electron chi connectivity index (χ4n) is 3.36. The summed E-state index contributed by atoms with van der Waals surface area (Å²) in [6.45, 7) is 3.80. The number of primary amides is 1. The summed E-state index contributed by atoms with van der Waals surface area (Å²) in [5.74, 6) is -0.573. The average Bonchev–Trinajstić information content (AvgIpc) is 3.17. The molecule has 1 amide bonds. The Hall–Kier alpha value is -3.85. The number of sulfonamides is 1. The number of aromatic nitrogens is 2.